The Morgan fingerprint density at radius 2 is 1.88 bits per heavy atom. The van der Waals surface area contributed by atoms with Crippen molar-refractivity contribution >= 4 is 38.7 Å². The molecule has 0 bridgehead atoms. The van der Waals surface area contributed by atoms with Crippen LogP contribution >= 0.6 is 22.6 Å². The number of ether oxygens (including phenoxy) is 2. The molecule has 8 nitrogen and oxygen atoms in total. The van der Waals surface area contributed by atoms with Crippen molar-refractivity contribution in [2.75, 3.05) is 6.61 Å². The molecule has 1 heterocycles. The molecule has 10 heteroatoms. The van der Waals surface area contributed by atoms with Gasteiger partial charge in [-0.3, -0.25) is 8.98 Å². The lowest BCUT2D eigenvalue weighted by Crippen LogP contribution is -2.58. The highest BCUT2D eigenvalue weighted by atomic mass is 127. The topological polar surface area (TPSA) is 119 Å². The van der Waals surface area contributed by atoms with Gasteiger partial charge in [-0.1, -0.05) is 40.3 Å². The molecule has 5 atom stereocenters. The molecular weight excluding hydrogens is 467 g/mol. The molecule has 1 saturated heterocycles. The Labute approximate surface area is 159 Å². The lowest BCUT2D eigenvalue weighted by atomic mass is 10.0. The summed E-state index contributed by atoms with van der Waals surface area (Å²) in [7, 11) is -4.06. The Morgan fingerprint density at radius 3 is 2.44 bits per heavy atom. The molecule has 1 aromatic carbocycles. The van der Waals surface area contributed by atoms with E-state index >= 15 is 0 Å². The smallest absolute Gasteiger partial charge is 0.303 e. The first-order valence-electron chi connectivity index (χ1n) is 7.41. The molecule has 2 N–H and O–H groups in total. The number of rotatable bonds is 5. The van der Waals surface area contributed by atoms with Crippen LogP contribution in [0.5, 0.6) is 0 Å². The number of hydrogen-bond acceptors (Lipinski definition) is 8. The van der Waals surface area contributed by atoms with Crippen LogP contribution in [0.4, 0.5) is 0 Å². The highest BCUT2D eigenvalue weighted by molar-refractivity contribution is 14.1. The minimum Gasteiger partial charge on any atom is -0.457 e. The largest absolute Gasteiger partial charge is 0.457 e. The zero-order valence-electron chi connectivity index (χ0n) is 13.5. The van der Waals surface area contributed by atoms with Gasteiger partial charge in [-0.05, 0) is 19.1 Å². The highest BCUT2D eigenvalue weighted by Crippen LogP contribution is 2.28. The van der Waals surface area contributed by atoms with Crippen LogP contribution in [-0.4, -0.2) is 59.7 Å². The van der Waals surface area contributed by atoms with Crippen molar-refractivity contribution in [2.45, 2.75) is 47.3 Å². The minimum absolute atomic E-state index is 0.0363. The summed E-state index contributed by atoms with van der Waals surface area (Å²) >= 11 is 1.76. The van der Waals surface area contributed by atoms with E-state index in [1.54, 1.807) is 34.7 Å². The molecule has 0 spiro atoms. The Balaban J connectivity index is 2.12. The average Bonchev–Trinajstić information content (AvgIpc) is 2.54. The van der Waals surface area contributed by atoms with Crippen molar-refractivity contribution in [1.82, 2.24) is 0 Å². The van der Waals surface area contributed by atoms with Gasteiger partial charge < -0.3 is 19.7 Å². The molecule has 2 rings (SSSR count). The van der Waals surface area contributed by atoms with Gasteiger partial charge in [-0.25, -0.2) is 0 Å². The standard InChI is InChI=1S/C15H19IO8S/c1-8-3-5-10(6-4-8)25(20,21)22-7-11-14(23-9(2)17)13(18)12(16)15(19)24-11/h3-6,11-15,18-19H,7H2,1-2H3/t11-,12-,13+,14+,15-/m0/s1. The van der Waals surface area contributed by atoms with Crippen LogP contribution in [0.15, 0.2) is 29.2 Å². The summed E-state index contributed by atoms with van der Waals surface area (Å²) in [5.74, 6) is -0.668. The van der Waals surface area contributed by atoms with E-state index in [2.05, 4.69) is 0 Å². The Bertz CT molecular complexity index is 705. The first-order valence-corrected chi connectivity index (χ1v) is 10.1. The van der Waals surface area contributed by atoms with Crippen molar-refractivity contribution in [3.8, 4) is 0 Å². The van der Waals surface area contributed by atoms with Crippen LogP contribution < -0.4 is 0 Å². The summed E-state index contributed by atoms with van der Waals surface area (Å²) in [6, 6.07) is 6.06. The van der Waals surface area contributed by atoms with Crippen LogP contribution in [0.25, 0.3) is 0 Å². The third-order valence-electron chi connectivity index (χ3n) is 3.62. The second kappa shape index (κ2) is 8.27. The van der Waals surface area contributed by atoms with E-state index in [9.17, 15) is 23.4 Å². The normalized spacial score (nSPS) is 30.0. The average molecular weight is 486 g/mol. The Hall–Kier alpha value is -0.790. The van der Waals surface area contributed by atoms with E-state index in [1.807, 2.05) is 6.92 Å². The summed E-state index contributed by atoms with van der Waals surface area (Å²) < 4.78 is 39.0. The fourth-order valence-corrected chi connectivity index (χ4v) is 3.80. The van der Waals surface area contributed by atoms with E-state index in [1.165, 1.54) is 12.1 Å². The number of esters is 1. The summed E-state index contributed by atoms with van der Waals surface area (Å²) in [4.78, 5) is 11.2. The predicted octanol–water partition coefficient (Wildman–Crippen LogP) is 0.514. The lowest BCUT2D eigenvalue weighted by Gasteiger charge is -2.39. The number of alkyl halides is 1. The molecule has 0 saturated carbocycles. The summed E-state index contributed by atoms with van der Waals surface area (Å²) in [6.45, 7) is 2.45. The Morgan fingerprint density at radius 1 is 1.28 bits per heavy atom. The van der Waals surface area contributed by atoms with Crippen molar-refractivity contribution in [1.29, 1.82) is 0 Å². The first-order chi connectivity index (χ1) is 11.6. The van der Waals surface area contributed by atoms with Crippen molar-refractivity contribution in [2.24, 2.45) is 0 Å². The maximum Gasteiger partial charge on any atom is 0.303 e. The van der Waals surface area contributed by atoms with Gasteiger partial charge in [0.15, 0.2) is 12.4 Å². The zero-order chi connectivity index (χ0) is 18.8. The maximum absolute atomic E-state index is 12.2. The van der Waals surface area contributed by atoms with E-state index < -0.39 is 51.2 Å². The number of hydrogen-bond donors (Lipinski definition) is 2. The van der Waals surface area contributed by atoms with E-state index in [4.69, 9.17) is 13.7 Å². The molecule has 0 unspecified atom stereocenters. The molecule has 0 aliphatic carbocycles. The van der Waals surface area contributed by atoms with Gasteiger partial charge >= 0.3 is 5.97 Å². The number of carbonyl (C=O) groups is 1. The van der Waals surface area contributed by atoms with Gasteiger partial charge in [0.1, 0.15) is 12.2 Å². The summed E-state index contributed by atoms with van der Waals surface area (Å²) in [6.07, 6.45) is -4.88. The summed E-state index contributed by atoms with van der Waals surface area (Å²) in [5.41, 5.74) is 0.892. The Kier molecular flexibility index (Phi) is 6.79. The molecule has 25 heavy (non-hydrogen) atoms. The minimum atomic E-state index is -4.06. The molecule has 1 fully saturated rings. The van der Waals surface area contributed by atoms with Crippen molar-refractivity contribution < 1.29 is 37.1 Å². The monoisotopic (exact) mass is 486 g/mol. The van der Waals surface area contributed by atoms with Crippen LogP contribution in [0, 0.1) is 6.92 Å². The molecular formula is C15H19IO8S. The molecule has 1 aromatic rings. The third kappa shape index (κ3) is 5.11. The van der Waals surface area contributed by atoms with Crippen LogP contribution in [0.3, 0.4) is 0 Å². The molecule has 1 aliphatic heterocycles. The second-order valence-corrected chi connectivity index (χ2v) is 8.68. The van der Waals surface area contributed by atoms with E-state index in [0.717, 1.165) is 12.5 Å². The SMILES string of the molecule is CC(=O)O[C@H]1[C@H](O)[C@H](I)[C@@H](O)O[C@H]1COS(=O)(=O)c1ccc(C)cc1. The molecule has 0 amide bonds. The zero-order valence-corrected chi connectivity index (χ0v) is 16.5. The molecule has 1 aliphatic rings. The van der Waals surface area contributed by atoms with Gasteiger partial charge in [0.2, 0.25) is 0 Å². The number of aryl methyl sites for hydroxylation is 1. The van der Waals surface area contributed by atoms with Gasteiger partial charge in [-0.2, -0.15) is 8.42 Å². The van der Waals surface area contributed by atoms with Gasteiger partial charge in [0, 0.05) is 6.92 Å². The van der Waals surface area contributed by atoms with Gasteiger partial charge in [0.25, 0.3) is 10.1 Å². The second-order valence-electron chi connectivity index (χ2n) is 5.63. The third-order valence-corrected chi connectivity index (χ3v) is 6.26. The van der Waals surface area contributed by atoms with E-state index in [-0.39, 0.29) is 4.90 Å². The van der Waals surface area contributed by atoms with Crippen molar-refractivity contribution in [3.63, 3.8) is 0 Å². The van der Waals surface area contributed by atoms with Crippen LogP contribution in [0.1, 0.15) is 12.5 Å². The summed E-state index contributed by atoms with van der Waals surface area (Å²) in [5, 5.41) is 20.0. The number of aliphatic hydroxyl groups excluding tert-OH is 2. The van der Waals surface area contributed by atoms with Crippen LogP contribution in [0.2, 0.25) is 0 Å². The number of benzene rings is 1. The number of carbonyl (C=O) groups excluding carboxylic acids is 1. The van der Waals surface area contributed by atoms with E-state index in [0.29, 0.717) is 0 Å². The lowest BCUT2D eigenvalue weighted by molar-refractivity contribution is -0.238. The molecule has 0 radical (unpaired) electrons. The van der Waals surface area contributed by atoms with Gasteiger partial charge in [-0.15, -0.1) is 0 Å². The van der Waals surface area contributed by atoms with Crippen LogP contribution in [-0.2, 0) is 28.6 Å². The molecule has 140 valence electrons. The fraction of sp³-hybridized carbons (Fsp3) is 0.533. The highest BCUT2D eigenvalue weighted by Gasteiger charge is 2.46. The van der Waals surface area contributed by atoms with Crippen molar-refractivity contribution in [3.05, 3.63) is 29.8 Å². The maximum atomic E-state index is 12.2. The predicted molar refractivity (Wildman–Crippen MR) is 94.6 cm³/mol. The van der Waals surface area contributed by atoms with Gasteiger partial charge in [0.05, 0.1) is 15.4 Å². The first kappa shape index (κ1) is 20.5. The molecule has 0 aromatic heterocycles. The number of aliphatic hydroxyl groups is 2. The number of halogens is 1. The fourth-order valence-electron chi connectivity index (χ4n) is 2.30. The quantitative estimate of drug-likeness (QED) is 0.268.